The van der Waals surface area contributed by atoms with Gasteiger partial charge in [0, 0.05) is 32.2 Å². The number of nitrogens with zero attached hydrogens (tertiary/aromatic N) is 1. The summed E-state index contributed by atoms with van der Waals surface area (Å²) in [5.74, 6) is 0. The Bertz CT molecular complexity index is 166. The minimum absolute atomic E-state index is 0.508. The fourth-order valence-corrected chi connectivity index (χ4v) is 2.41. The second kappa shape index (κ2) is 3.95. The fourth-order valence-electron chi connectivity index (χ4n) is 2.41. The average Bonchev–Trinajstić information content (AvgIpc) is 2.74. The third-order valence-corrected chi connectivity index (χ3v) is 3.31. The Kier molecular flexibility index (Phi) is 2.86. The molecule has 1 spiro atoms. The van der Waals surface area contributed by atoms with E-state index in [1.54, 1.807) is 7.11 Å². The van der Waals surface area contributed by atoms with Crippen LogP contribution in [-0.2, 0) is 9.47 Å². The third-order valence-electron chi connectivity index (χ3n) is 3.31. The van der Waals surface area contributed by atoms with Crippen LogP contribution in [0.3, 0.4) is 0 Å². The Morgan fingerprint density at radius 2 is 2.38 bits per heavy atom. The summed E-state index contributed by atoms with van der Waals surface area (Å²) in [6, 6.07) is 0. The van der Waals surface area contributed by atoms with E-state index in [1.807, 2.05) is 0 Å². The molecule has 0 aromatic carbocycles. The molecule has 0 radical (unpaired) electrons. The highest BCUT2D eigenvalue weighted by molar-refractivity contribution is 4.92. The molecule has 0 N–H and O–H groups in total. The van der Waals surface area contributed by atoms with E-state index in [-0.39, 0.29) is 0 Å². The van der Waals surface area contributed by atoms with Gasteiger partial charge >= 0.3 is 0 Å². The predicted molar refractivity (Wildman–Crippen MR) is 50.8 cm³/mol. The Labute approximate surface area is 80.0 Å². The van der Waals surface area contributed by atoms with Crippen molar-refractivity contribution < 1.29 is 9.47 Å². The quantitative estimate of drug-likeness (QED) is 0.647. The van der Waals surface area contributed by atoms with Gasteiger partial charge in [0.05, 0.1) is 13.2 Å². The van der Waals surface area contributed by atoms with E-state index in [1.165, 1.54) is 25.9 Å². The molecule has 3 heteroatoms. The van der Waals surface area contributed by atoms with Gasteiger partial charge in [-0.25, -0.2) is 0 Å². The molecule has 2 aliphatic rings. The van der Waals surface area contributed by atoms with Crippen LogP contribution >= 0.6 is 0 Å². The van der Waals surface area contributed by atoms with Gasteiger partial charge in [0.25, 0.3) is 0 Å². The van der Waals surface area contributed by atoms with Gasteiger partial charge < -0.3 is 14.4 Å². The number of hydrogen-bond donors (Lipinski definition) is 0. The van der Waals surface area contributed by atoms with Crippen LogP contribution in [-0.4, -0.2) is 51.5 Å². The van der Waals surface area contributed by atoms with Crippen LogP contribution < -0.4 is 0 Å². The maximum Gasteiger partial charge on any atom is 0.0589 e. The number of ether oxygens (including phenoxy) is 2. The summed E-state index contributed by atoms with van der Waals surface area (Å²) in [6.45, 7) is 6.34. The van der Waals surface area contributed by atoms with E-state index < -0.39 is 0 Å². The van der Waals surface area contributed by atoms with Crippen molar-refractivity contribution >= 4 is 0 Å². The molecule has 0 amide bonds. The smallest absolute Gasteiger partial charge is 0.0589 e. The molecule has 13 heavy (non-hydrogen) atoms. The second-order valence-electron chi connectivity index (χ2n) is 4.32. The number of likely N-dealkylation sites (tertiary alicyclic amines) is 1. The fraction of sp³-hybridized carbons (Fsp3) is 1.00. The molecule has 2 heterocycles. The Balaban J connectivity index is 1.79. The number of rotatable bonds is 3. The van der Waals surface area contributed by atoms with Gasteiger partial charge in [0.1, 0.15) is 0 Å². The topological polar surface area (TPSA) is 21.7 Å². The summed E-state index contributed by atoms with van der Waals surface area (Å²) >= 11 is 0. The minimum atomic E-state index is 0.508. The molecule has 2 rings (SSSR count). The van der Waals surface area contributed by atoms with Crippen molar-refractivity contribution in [3.63, 3.8) is 0 Å². The lowest BCUT2D eigenvalue weighted by molar-refractivity contribution is 0.136. The van der Waals surface area contributed by atoms with Gasteiger partial charge in [0.2, 0.25) is 0 Å². The zero-order chi connectivity index (χ0) is 9.15. The van der Waals surface area contributed by atoms with Gasteiger partial charge in [0.15, 0.2) is 0 Å². The van der Waals surface area contributed by atoms with E-state index in [4.69, 9.17) is 9.47 Å². The van der Waals surface area contributed by atoms with Crippen molar-refractivity contribution in [2.45, 2.75) is 12.8 Å². The monoisotopic (exact) mass is 185 g/mol. The SMILES string of the molecule is COCCN1CCC2(CCOC2)C1. The van der Waals surface area contributed by atoms with Crippen molar-refractivity contribution in [2.75, 3.05) is 46.6 Å². The molecule has 0 aliphatic carbocycles. The Hall–Kier alpha value is -0.120. The highest BCUT2D eigenvalue weighted by Crippen LogP contribution is 2.37. The molecule has 0 saturated carbocycles. The summed E-state index contributed by atoms with van der Waals surface area (Å²) in [7, 11) is 1.77. The molecule has 0 bridgehead atoms. The molecule has 3 nitrogen and oxygen atoms in total. The van der Waals surface area contributed by atoms with Gasteiger partial charge in [-0.3, -0.25) is 0 Å². The third kappa shape index (κ3) is 2.03. The molecule has 0 aromatic heterocycles. The molecule has 1 atom stereocenters. The standard InChI is InChI=1S/C10H19NO2/c1-12-7-5-11-4-2-10(8-11)3-6-13-9-10/h2-9H2,1H3. The first-order valence-corrected chi connectivity index (χ1v) is 5.14. The number of methoxy groups -OCH3 is 1. The van der Waals surface area contributed by atoms with E-state index in [0.717, 1.165) is 26.4 Å². The van der Waals surface area contributed by atoms with E-state index in [2.05, 4.69) is 4.90 Å². The summed E-state index contributed by atoms with van der Waals surface area (Å²) in [5, 5.41) is 0. The van der Waals surface area contributed by atoms with Crippen molar-refractivity contribution in [3.05, 3.63) is 0 Å². The lowest BCUT2D eigenvalue weighted by atomic mass is 9.87. The van der Waals surface area contributed by atoms with Gasteiger partial charge in [-0.2, -0.15) is 0 Å². The molecule has 2 fully saturated rings. The molecule has 0 aromatic rings. The van der Waals surface area contributed by atoms with E-state index in [9.17, 15) is 0 Å². The van der Waals surface area contributed by atoms with Crippen LogP contribution in [0.2, 0.25) is 0 Å². The van der Waals surface area contributed by atoms with Crippen molar-refractivity contribution in [2.24, 2.45) is 5.41 Å². The van der Waals surface area contributed by atoms with Crippen LogP contribution in [0.4, 0.5) is 0 Å². The normalized spacial score (nSPS) is 34.8. The van der Waals surface area contributed by atoms with Gasteiger partial charge in [-0.05, 0) is 19.4 Å². The predicted octanol–water partition coefficient (Wildman–Crippen LogP) is 0.745. The Morgan fingerprint density at radius 1 is 1.46 bits per heavy atom. The van der Waals surface area contributed by atoms with E-state index in [0.29, 0.717) is 5.41 Å². The first-order valence-electron chi connectivity index (χ1n) is 5.14. The maximum atomic E-state index is 5.48. The highest BCUT2D eigenvalue weighted by Gasteiger charge is 2.40. The van der Waals surface area contributed by atoms with Gasteiger partial charge in [-0.1, -0.05) is 0 Å². The summed E-state index contributed by atoms with van der Waals surface area (Å²) in [6.07, 6.45) is 2.58. The van der Waals surface area contributed by atoms with E-state index >= 15 is 0 Å². The molecule has 2 aliphatic heterocycles. The molecule has 2 saturated heterocycles. The van der Waals surface area contributed by atoms with Crippen LogP contribution in [0.15, 0.2) is 0 Å². The summed E-state index contributed by atoms with van der Waals surface area (Å²) in [5.41, 5.74) is 0.508. The lowest BCUT2D eigenvalue weighted by Crippen LogP contribution is -2.29. The zero-order valence-corrected chi connectivity index (χ0v) is 8.42. The van der Waals surface area contributed by atoms with Crippen LogP contribution in [0, 0.1) is 5.41 Å². The molecular formula is C10H19NO2. The molecule has 76 valence electrons. The Morgan fingerprint density at radius 3 is 3.08 bits per heavy atom. The van der Waals surface area contributed by atoms with Crippen molar-refractivity contribution in [1.82, 2.24) is 4.90 Å². The number of hydrogen-bond acceptors (Lipinski definition) is 3. The zero-order valence-electron chi connectivity index (χ0n) is 8.42. The second-order valence-corrected chi connectivity index (χ2v) is 4.32. The van der Waals surface area contributed by atoms with Crippen molar-refractivity contribution in [1.29, 1.82) is 0 Å². The van der Waals surface area contributed by atoms with Crippen LogP contribution in [0.25, 0.3) is 0 Å². The lowest BCUT2D eigenvalue weighted by Gasteiger charge is -2.21. The first kappa shape index (κ1) is 9.44. The van der Waals surface area contributed by atoms with Gasteiger partial charge in [-0.15, -0.1) is 0 Å². The molecule has 1 unspecified atom stereocenters. The average molecular weight is 185 g/mol. The minimum Gasteiger partial charge on any atom is -0.383 e. The highest BCUT2D eigenvalue weighted by atomic mass is 16.5. The van der Waals surface area contributed by atoms with Crippen molar-refractivity contribution in [3.8, 4) is 0 Å². The maximum absolute atomic E-state index is 5.48. The molecular weight excluding hydrogens is 166 g/mol. The first-order chi connectivity index (χ1) is 6.35. The summed E-state index contributed by atoms with van der Waals surface area (Å²) in [4.78, 5) is 2.50. The van der Waals surface area contributed by atoms with Crippen LogP contribution in [0.5, 0.6) is 0 Å². The largest absolute Gasteiger partial charge is 0.383 e. The van der Waals surface area contributed by atoms with Crippen LogP contribution in [0.1, 0.15) is 12.8 Å². The summed E-state index contributed by atoms with van der Waals surface area (Å²) < 4.78 is 10.6.